The number of para-hydroxylation sites is 1. The van der Waals surface area contributed by atoms with Gasteiger partial charge in [0, 0.05) is 19.8 Å². The predicted octanol–water partition coefficient (Wildman–Crippen LogP) is 3.11. The number of rotatable bonds is 7. The molecule has 10 heteroatoms. The summed E-state index contributed by atoms with van der Waals surface area (Å²) in [7, 11) is 1.47. The highest BCUT2D eigenvalue weighted by atomic mass is 32.1. The largest absolute Gasteiger partial charge is 0.383 e. The van der Waals surface area contributed by atoms with E-state index >= 15 is 0 Å². The lowest BCUT2D eigenvalue weighted by molar-refractivity contribution is 0.0993. The summed E-state index contributed by atoms with van der Waals surface area (Å²) in [5, 5.41) is 6.55. The standard InChI is InChI=1S/C23H24N6O3S/c1-3-4-12-28-20(24)19(21(30)25-23(28)32)27(2)22(31)16-14-29(15-9-6-5-7-10-15)26-18(16)17-11-8-13-33-17/h5-11,13-14H,3-4,12,24H2,1-2H3,(H,25,30,32). The Bertz CT molecular complexity index is 1390. The Morgan fingerprint density at radius 2 is 1.94 bits per heavy atom. The summed E-state index contributed by atoms with van der Waals surface area (Å²) in [5.41, 5.74) is 6.44. The van der Waals surface area contributed by atoms with Gasteiger partial charge in [-0.25, -0.2) is 9.48 Å². The first kappa shape index (κ1) is 22.3. The van der Waals surface area contributed by atoms with E-state index in [1.54, 1.807) is 10.9 Å². The summed E-state index contributed by atoms with van der Waals surface area (Å²) in [6.45, 7) is 2.33. The van der Waals surface area contributed by atoms with Gasteiger partial charge in [-0.1, -0.05) is 37.6 Å². The second kappa shape index (κ2) is 9.29. The molecule has 1 amide bonds. The van der Waals surface area contributed by atoms with Gasteiger partial charge in [-0.05, 0) is 30.0 Å². The summed E-state index contributed by atoms with van der Waals surface area (Å²) in [4.78, 5) is 42.8. The molecule has 0 atom stereocenters. The average molecular weight is 465 g/mol. The number of hydrogen-bond acceptors (Lipinski definition) is 6. The van der Waals surface area contributed by atoms with Gasteiger partial charge in [-0.3, -0.25) is 19.1 Å². The Morgan fingerprint density at radius 1 is 1.18 bits per heavy atom. The van der Waals surface area contributed by atoms with Gasteiger partial charge in [0.05, 0.1) is 16.1 Å². The van der Waals surface area contributed by atoms with E-state index in [2.05, 4.69) is 10.1 Å². The average Bonchev–Trinajstić information content (AvgIpc) is 3.49. The van der Waals surface area contributed by atoms with Gasteiger partial charge >= 0.3 is 5.69 Å². The van der Waals surface area contributed by atoms with Crippen LogP contribution in [0.5, 0.6) is 0 Å². The van der Waals surface area contributed by atoms with Crippen molar-refractivity contribution in [1.82, 2.24) is 19.3 Å². The molecule has 1 aromatic carbocycles. The van der Waals surface area contributed by atoms with Crippen LogP contribution < -0.4 is 21.9 Å². The molecule has 3 heterocycles. The third-order valence-electron chi connectivity index (χ3n) is 5.31. The van der Waals surface area contributed by atoms with Crippen molar-refractivity contribution in [3.05, 3.63) is 80.4 Å². The van der Waals surface area contributed by atoms with Gasteiger partial charge in [0.25, 0.3) is 11.5 Å². The van der Waals surface area contributed by atoms with E-state index in [-0.39, 0.29) is 11.5 Å². The topological polar surface area (TPSA) is 119 Å². The van der Waals surface area contributed by atoms with Crippen LogP contribution in [0.4, 0.5) is 11.5 Å². The lowest BCUT2D eigenvalue weighted by Gasteiger charge is -2.20. The number of anilines is 2. The van der Waals surface area contributed by atoms with Crippen LogP contribution in [0, 0.1) is 0 Å². The van der Waals surface area contributed by atoms with E-state index in [4.69, 9.17) is 5.73 Å². The van der Waals surface area contributed by atoms with Crippen LogP contribution in [0.15, 0.2) is 63.6 Å². The van der Waals surface area contributed by atoms with Crippen molar-refractivity contribution in [2.45, 2.75) is 26.3 Å². The van der Waals surface area contributed by atoms with Crippen LogP contribution in [0.1, 0.15) is 30.1 Å². The van der Waals surface area contributed by atoms with Crippen LogP contribution in [-0.4, -0.2) is 32.3 Å². The maximum atomic E-state index is 13.6. The van der Waals surface area contributed by atoms with Crippen LogP contribution >= 0.6 is 11.3 Å². The molecular weight excluding hydrogens is 440 g/mol. The molecule has 0 spiro atoms. The molecule has 0 aliphatic heterocycles. The number of nitrogens with one attached hydrogen (secondary N) is 1. The Hall–Kier alpha value is -3.92. The number of carbonyl (C=O) groups excluding carboxylic acids is 1. The monoisotopic (exact) mass is 464 g/mol. The minimum Gasteiger partial charge on any atom is -0.383 e. The number of nitrogens with two attached hydrogens (primary N) is 1. The highest BCUT2D eigenvalue weighted by Crippen LogP contribution is 2.29. The fourth-order valence-electron chi connectivity index (χ4n) is 3.56. The van der Waals surface area contributed by atoms with E-state index < -0.39 is 17.2 Å². The molecule has 0 aliphatic carbocycles. The zero-order valence-corrected chi connectivity index (χ0v) is 19.1. The van der Waals surface area contributed by atoms with Crippen molar-refractivity contribution in [2.24, 2.45) is 0 Å². The molecule has 9 nitrogen and oxygen atoms in total. The molecule has 0 fully saturated rings. The zero-order chi connectivity index (χ0) is 23.5. The molecule has 33 heavy (non-hydrogen) atoms. The number of nitrogen functional groups attached to an aromatic ring is 1. The van der Waals surface area contributed by atoms with Gasteiger partial charge in [-0.15, -0.1) is 11.3 Å². The Balaban J connectivity index is 1.81. The second-order valence-corrected chi connectivity index (χ2v) is 8.46. The fraction of sp³-hybridized carbons (Fsp3) is 0.217. The minimum atomic E-state index is -0.714. The van der Waals surface area contributed by atoms with E-state index in [1.165, 1.54) is 27.9 Å². The number of carbonyl (C=O) groups is 1. The summed E-state index contributed by atoms with van der Waals surface area (Å²) >= 11 is 1.46. The summed E-state index contributed by atoms with van der Waals surface area (Å²) in [6.07, 6.45) is 3.19. The lowest BCUT2D eigenvalue weighted by Crippen LogP contribution is -2.39. The van der Waals surface area contributed by atoms with Gasteiger partial charge < -0.3 is 10.6 Å². The SMILES string of the molecule is CCCCn1c(N)c(N(C)C(=O)c2cn(-c3ccccc3)nc2-c2cccs2)c(=O)[nH]c1=O. The third kappa shape index (κ3) is 4.24. The van der Waals surface area contributed by atoms with Gasteiger partial charge in [0.2, 0.25) is 0 Å². The van der Waals surface area contributed by atoms with Crippen LogP contribution in [0.25, 0.3) is 16.3 Å². The molecule has 0 unspecified atom stereocenters. The van der Waals surface area contributed by atoms with E-state index in [9.17, 15) is 14.4 Å². The van der Waals surface area contributed by atoms with Crippen molar-refractivity contribution in [2.75, 3.05) is 17.7 Å². The smallest absolute Gasteiger partial charge is 0.330 e. The number of hydrogen-bond donors (Lipinski definition) is 2. The first-order valence-electron chi connectivity index (χ1n) is 10.5. The highest BCUT2D eigenvalue weighted by molar-refractivity contribution is 7.13. The minimum absolute atomic E-state index is 0.0406. The number of aromatic amines is 1. The summed E-state index contributed by atoms with van der Waals surface area (Å²) in [6, 6.07) is 13.2. The number of nitrogens with zero attached hydrogens (tertiary/aromatic N) is 4. The molecule has 3 N–H and O–H groups in total. The highest BCUT2D eigenvalue weighted by Gasteiger charge is 2.27. The van der Waals surface area contributed by atoms with Crippen molar-refractivity contribution in [1.29, 1.82) is 0 Å². The Kier molecular flexibility index (Phi) is 6.27. The van der Waals surface area contributed by atoms with Crippen molar-refractivity contribution < 1.29 is 4.79 Å². The lowest BCUT2D eigenvalue weighted by atomic mass is 10.2. The van der Waals surface area contributed by atoms with Crippen molar-refractivity contribution >= 4 is 28.7 Å². The van der Waals surface area contributed by atoms with Crippen LogP contribution in [-0.2, 0) is 6.54 Å². The number of benzene rings is 1. The quantitative estimate of drug-likeness (QED) is 0.436. The number of amides is 1. The molecule has 3 aromatic heterocycles. The molecule has 4 aromatic rings. The van der Waals surface area contributed by atoms with E-state index in [1.807, 2.05) is 54.8 Å². The summed E-state index contributed by atoms with van der Waals surface area (Å²) < 4.78 is 2.92. The molecule has 0 saturated heterocycles. The zero-order valence-electron chi connectivity index (χ0n) is 18.3. The molecule has 170 valence electrons. The number of thiophene rings is 1. The van der Waals surface area contributed by atoms with Crippen molar-refractivity contribution in [3.63, 3.8) is 0 Å². The Morgan fingerprint density at radius 3 is 2.61 bits per heavy atom. The normalized spacial score (nSPS) is 11.0. The molecule has 0 saturated carbocycles. The second-order valence-electron chi connectivity index (χ2n) is 7.51. The molecule has 4 rings (SSSR count). The van der Waals surface area contributed by atoms with Crippen molar-refractivity contribution in [3.8, 4) is 16.3 Å². The van der Waals surface area contributed by atoms with E-state index in [0.29, 0.717) is 24.2 Å². The fourth-order valence-corrected chi connectivity index (χ4v) is 4.28. The van der Waals surface area contributed by atoms with Crippen LogP contribution in [0.3, 0.4) is 0 Å². The molecular formula is C23H24N6O3S. The molecule has 0 radical (unpaired) electrons. The van der Waals surface area contributed by atoms with Gasteiger partial charge in [0.1, 0.15) is 11.5 Å². The Labute approximate surface area is 193 Å². The van der Waals surface area contributed by atoms with Gasteiger partial charge in [0.15, 0.2) is 5.69 Å². The maximum Gasteiger partial charge on any atom is 0.330 e. The predicted molar refractivity (Wildman–Crippen MR) is 130 cm³/mol. The first-order chi connectivity index (χ1) is 15.9. The number of unbranched alkanes of at least 4 members (excludes halogenated alkanes) is 1. The third-order valence-corrected chi connectivity index (χ3v) is 6.19. The summed E-state index contributed by atoms with van der Waals surface area (Å²) in [5.74, 6) is -0.500. The van der Waals surface area contributed by atoms with E-state index in [0.717, 1.165) is 17.0 Å². The van der Waals surface area contributed by atoms with Gasteiger partial charge in [-0.2, -0.15) is 5.10 Å². The molecule has 0 bridgehead atoms. The maximum absolute atomic E-state index is 13.6. The molecule has 0 aliphatic rings. The number of H-pyrrole nitrogens is 1. The number of aromatic nitrogens is 4. The first-order valence-corrected chi connectivity index (χ1v) is 11.4. The van der Waals surface area contributed by atoms with Crippen LogP contribution in [0.2, 0.25) is 0 Å².